The number of carbonyl (C=O) groups is 1. The summed E-state index contributed by atoms with van der Waals surface area (Å²) in [5.41, 5.74) is 1.63. The number of fused-ring (bicyclic) bond motifs is 1. The first-order valence-corrected chi connectivity index (χ1v) is 7.41. The van der Waals surface area contributed by atoms with Crippen molar-refractivity contribution < 1.29 is 14.3 Å². The van der Waals surface area contributed by atoms with Crippen molar-refractivity contribution in [1.82, 2.24) is 5.32 Å². The molecular weight excluding hydrogens is 310 g/mol. The van der Waals surface area contributed by atoms with Crippen molar-refractivity contribution in [2.45, 2.75) is 25.3 Å². The van der Waals surface area contributed by atoms with Crippen molar-refractivity contribution in [2.24, 2.45) is 0 Å². The Hall–Kier alpha value is -1.07. The largest absolute Gasteiger partial charge is 0.486 e. The van der Waals surface area contributed by atoms with Gasteiger partial charge in [0, 0.05) is 16.1 Å². The van der Waals surface area contributed by atoms with Crippen LogP contribution in [0.3, 0.4) is 0 Å². The van der Waals surface area contributed by atoms with Crippen LogP contribution in [0.25, 0.3) is 0 Å². The number of rotatable bonds is 2. The maximum absolute atomic E-state index is 11.1. The van der Waals surface area contributed by atoms with Crippen LogP contribution in [-0.4, -0.2) is 26.0 Å². The molecule has 1 aromatic rings. The van der Waals surface area contributed by atoms with Crippen LogP contribution in [0, 0.1) is 0 Å². The van der Waals surface area contributed by atoms with E-state index in [1.165, 1.54) is 12.8 Å². The summed E-state index contributed by atoms with van der Waals surface area (Å²) < 4.78 is 12.3. The predicted octanol–water partition coefficient (Wildman–Crippen LogP) is 2.85. The zero-order valence-electron chi connectivity index (χ0n) is 10.6. The van der Waals surface area contributed by atoms with Crippen LogP contribution in [0.1, 0.15) is 41.2 Å². The average molecular weight is 326 g/mol. The molecule has 1 aromatic carbocycles. The van der Waals surface area contributed by atoms with E-state index in [1.807, 2.05) is 6.07 Å². The zero-order chi connectivity index (χ0) is 13.2. The highest BCUT2D eigenvalue weighted by Gasteiger charge is 2.28. The summed E-state index contributed by atoms with van der Waals surface area (Å²) in [5.74, 6) is 1.31. The fraction of sp³-hybridized carbons (Fsp3) is 0.500. The molecule has 0 bridgehead atoms. The molecular formula is C14H16BrNO3. The molecule has 0 saturated carbocycles. The Kier molecular flexibility index (Phi) is 3.75. The molecule has 2 aliphatic rings. The first-order chi connectivity index (χ1) is 9.31. The maximum Gasteiger partial charge on any atom is 0.172 e. The van der Waals surface area contributed by atoms with Crippen LogP contribution in [0.4, 0.5) is 0 Å². The quantitative estimate of drug-likeness (QED) is 0.849. The van der Waals surface area contributed by atoms with Crippen LogP contribution in [0.15, 0.2) is 10.5 Å². The van der Waals surface area contributed by atoms with Gasteiger partial charge in [-0.05, 0) is 25.5 Å². The standard InChI is InChI=1S/C14H16BrNO3/c15-10-7-9(8-17)13-14(19-6-5-18-13)12(10)11-3-1-2-4-16-11/h7-8,11,16H,1-6H2. The average Bonchev–Trinajstić information content (AvgIpc) is 2.47. The van der Waals surface area contributed by atoms with Crippen LogP contribution in [-0.2, 0) is 0 Å². The smallest absolute Gasteiger partial charge is 0.172 e. The SMILES string of the molecule is O=Cc1cc(Br)c(C2CCCCN2)c2c1OCCO2. The van der Waals surface area contributed by atoms with Gasteiger partial charge in [0.05, 0.1) is 5.56 Å². The van der Waals surface area contributed by atoms with Gasteiger partial charge in [-0.25, -0.2) is 0 Å². The molecule has 2 heterocycles. The van der Waals surface area contributed by atoms with Crippen molar-refractivity contribution in [1.29, 1.82) is 0 Å². The van der Waals surface area contributed by atoms with E-state index in [9.17, 15) is 4.79 Å². The molecule has 1 saturated heterocycles. The van der Waals surface area contributed by atoms with E-state index < -0.39 is 0 Å². The Morgan fingerprint density at radius 2 is 2.05 bits per heavy atom. The lowest BCUT2D eigenvalue weighted by Crippen LogP contribution is -2.29. The lowest BCUT2D eigenvalue weighted by atomic mass is 9.95. The minimum Gasteiger partial charge on any atom is -0.486 e. The number of aldehydes is 1. The van der Waals surface area contributed by atoms with Gasteiger partial charge in [-0.15, -0.1) is 0 Å². The third-order valence-electron chi connectivity index (χ3n) is 3.61. The van der Waals surface area contributed by atoms with Crippen LogP contribution < -0.4 is 14.8 Å². The number of carbonyl (C=O) groups excluding carboxylic acids is 1. The van der Waals surface area contributed by atoms with E-state index in [-0.39, 0.29) is 6.04 Å². The predicted molar refractivity (Wildman–Crippen MR) is 75.1 cm³/mol. The highest BCUT2D eigenvalue weighted by Crippen LogP contribution is 2.45. The number of ether oxygens (including phenoxy) is 2. The molecule has 0 amide bonds. The van der Waals surface area contributed by atoms with Gasteiger partial charge < -0.3 is 14.8 Å². The molecule has 3 rings (SSSR count). The second kappa shape index (κ2) is 5.51. The highest BCUT2D eigenvalue weighted by atomic mass is 79.9. The molecule has 102 valence electrons. The first-order valence-electron chi connectivity index (χ1n) is 6.62. The summed E-state index contributed by atoms with van der Waals surface area (Å²) in [6.45, 7) is 2.04. The number of halogens is 1. The molecule has 1 unspecified atom stereocenters. The van der Waals surface area contributed by atoms with E-state index in [1.54, 1.807) is 0 Å². The molecule has 0 aromatic heterocycles. The second-order valence-corrected chi connectivity index (χ2v) is 5.69. The lowest BCUT2D eigenvalue weighted by Gasteiger charge is -2.30. The number of nitrogens with one attached hydrogen (secondary N) is 1. The number of piperidine rings is 1. The minimum absolute atomic E-state index is 0.263. The normalized spacial score (nSPS) is 22.1. The van der Waals surface area contributed by atoms with Crippen molar-refractivity contribution >= 4 is 22.2 Å². The van der Waals surface area contributed by atoms with Gasteiger partial charge in [0.1, 0.15) is 13.2 Å². The summed E-state index contributed by atoms with van der Waals surface area (Å²) in [6, 6.07) is 2.09. The molecule has 1 atom stereocenters. The third-order valence-corrected chi connectivity index (χ3v) is 4.27. The van der Waals surface area contributed by atoms with Crippen LogP contribution in [0.2, 0.25) is 0 Å². The van der Waals surface area contributed by atoms with Crippen LogP contribution >= 0.6 is 15.9 Å². The molecule has 0 radical (unpaired) electrons. The molecule has 19 heavy (non-hydrogen) atoms. The summed E-state index contributed by atoms with van der Waals surface area (Å²) in [5, 5.41) is 3.51. The van der Waals surface area contributed by atoms with E-state index >= 15 is 0 Å². The Balaban J connectivity index is 2.09. The van der Waals surface area contributed by atoms with Crippen molar-refractivity contribution in [3.63, 3.8) is 0 Å². The maximum atomic E-state index is 11.1. The Morgan fingerprint density at radius 3 is 2.74 bits per heavy atom. The molecule has 4 nitrogen and oxygen atoms in total. The van der Waals surface area contributed by atoms with Gasteiger partial charge in [-0.1, -0.05) is 22.4 Å². The monoisotopic (exact) mass is 325 g/mol. The summed E-state index contributed by atoms with van der Waals surface area (Å²) in [7, 11) is 0. The number of hydrogen-bond donors (Lipinski definition) is 1. The lowest BCUT2D eigenvalue weighted by molar-refractivity contribution is 0.111. The molecule has 1 fully saturated rings. The van der Waals surface area contributed by atoms with Gasteiger partial charge in [0.25, 0.3) is 0 Å². The minimum atomic E-state index is 0.263. The van der Waals surface area contributed by atoms with Gasteiger partial charge in [0.15, 0.2) is 17.8 Å². The molecule has 0 spiro atoms. The Bertz CT molecular complexity index is 498. The number of hydrogen-bond acceptors (Lipinski definition) is 4. The fourth-order valence-corrected chi connectivity index (χ4v) is 3.43. The molecule has 5 heteroatoms. The first kappa shape index (κ1) is 12.9. The Morgan fingerprint density at radius 1 is 1.26 bits per heavy atom. The summed E-state index contributed by atoms with van der Waals surface area (Å²) in [4.78, 5) is 11.1. The van der Waals surface area contributed by atoms with Gasteiger partial charge in [-0.2, -0.15) is 0 Å². The topological polar surface area (TPSA) is 47.6 Å². The third kappa shape index (κ3) is 2.37. The van der Waals surface area contributed by atoms with Gasteiger partial charge >= 0.3 is 0 Å². The second-order valence-electron chi connectivity index (χ2n) is 4.84. The summed E-state index contributed by atoms with van der Waals surface area (Å²) >= 11 is 3.57. The van der Waals surface area contributed by atoms with E-state index in [0.29, 0.717) is 24.5 Å². The van der Waals surface area contributed by atoms with E-state index in [0.717, 1.165) is 35.0 Å². The Labute approximate surface area is 120 Å². The zero-order valence-corrected chi connectivity index (χ0v) is 12.2. The molecule has 0 aliphatic carbocycles. The molecule has 2 aliphatic heterocycles. The molecule has 1 N–H and O–H groups in total. The van der Waals surface area contributed by atoms with E-state index in [2.05, 4.69) is 21.2 Å². The van der Waals surface area contributed by atoms with E-state index in [4.69, 9.17) is 9.47 Å². The van der Waals surface area contributed by atoms with Crippen LogP contribution in [0.5, 0.6) is 11.5 Å². The van der Waals surface area contributed by atoms with Crippen molar-refractivity contribution in [3.05, 3.63) is 21.7 Å². The van der Waals surface area contributed by atoms with Crippen molar-refractivity contribution in [3.8, 4) is 11.5 Å². The number of benzene rings is 1. The van der Waals surface area contributed by atoms with Gasteiger partial charge in [-0.3, -0.25) is 4.79 Å². The fourth-order valence-electron chi connectivity index (χ4n) is 2.73. The summed E-state index contributed by atoms with van der Waals surface area (Å²) in [6.07, 6.45) is 4.31. The highest BCUT2D eigenvalue weighted by molar-refractivity contribution is 9.10. The van der Waals surface area contributed by atoms with Crippen molar-refractivity contribution in [2.75, 3.05) is 19.8 Å². The van der Waals surface area contributed by atoms with Gasteiger partial charge in [0.2, 0.25) is 0 Å².